The van der Waals surface area contributed by atoms with Gasteiger partial charge in [-0.05, 0) is 75.5 Å². The summed E-state index contributed by atoms with van der Waals surface area (Å²) in [5.41, 5.74) is 3.45. The molecule has 6 heteroatoms. The van der Waals surface area contributed by atoms with Crippen LogP contribution >= 0.6 is 23.4 Å². The third kappa shape index (κ3) is 5.33. The van der Waals surface area contributed by atoms with E-state index in [1.54, 1.807) is 11.8 Å². The van der Waals surface area contributed by atoms with Crippen molar-refractivity contribution in [3.8, 4) is 0 Å². The summed E-state index contributed by atoms with van der Waals surface area (Å²) in [7, 11) is 0. The third-order valence-electron chi connectivity index (χ3n) is 6.19. The highest BCUT2D eigenvalue weighted by molar-refractivity contribution is 7.99. The average Bonchev–Trinajstić information content (AvgIpc) is 2.92. The van der Waals surface area contributed by atoms with Crippen molar-refractivity contribution >= 4 is 40.7 Å². The molecule has 1 N–H and O–H groups in total. The summed E-state index contributed by atoms with van der Waals surface area (Å²) >= 11 is 7.84. The number of aliphatic imine (C=N–C) groups is 1. The van der Waals surface area contributed by atoms with Crippen LogP contribution in [0.4, 0.5) is 5.69 Å². The largest absolute Gasteiger partial charge is 0.352 e. The first-order chi connectivity index (χ1) is 15.0. The summed E-state index contributed by atoms with van der Waals surface area (Å²) in [6, 6.07) is 12.4. The highest BCUT2D eigenvalue weighted by atomic mass is 35.5. The van der Waals surface area contributed by atoms with E-state index in [0.717, 1.165) is 39.7 Å². The maximum Gasteiger partial charge on any atom is 0.251 e. The van der Waals surface area contributed by atoms with Crippen molar-refractivity contribution in [2.24, 2.45) is 4.99 Å². The van der Waals surface area contributed by atoms with Gasteiger partial charge in [0.05, 0.1) is 5.69 Å². The number of likely N-dealkylation sites (tertiary alicyclic amines) is 1. The topological polar surface area (TPSA) is 44.7 Å². The molecule has 0 aliphatic carbocycles. The van der Waals surface area contributed by atoms with Crippen LogP contribution in [0.2, 0.25) is 5.02 Å². The van der Waals surface area contributed by atoms with Crippen LogP contribution in [0.25, 0.3) is 0 Å². The Morgan fingerprint density at radius 2 is 2.06 bits per heavy atom. The lowest BCUT2D eigenvalue weighted by atomic mass is 10.00. The van der Waals surface area contributed by atoms with Crippen LogP contribution < -0.4 is 5.32 Å². The van der Waals surface area contributed by atoms with Crippen LogP contribution in [0.1, 0.15) is 61.9 Å². The molecule has 2 aromatic rings. The van der Waals surface area contributed by atoms with E-state index in [4.69, 9.17) is 16.6 Å². The fourth-order valence-electron chi connectivity index (χ4n) is 4.47. The minimum Gasteiger partial charge on any atom is -0.352 e. The van der Waals surface area contributed by atoms with Crippen molar-refractivity contribution in [3.63, 3.8) is 0 Å². The number of nitrogens with zero attached hydrogens (tertiary/aromatic N) is 2. The van der Waals surface area contributed by atoms with Crippen LogP contribution in [0.5, 0.6) is 0 Å². The van der Waals surface area contributed by atoms with E-state index in [9.17, 15) is 4.79 Å². The molecule has 0 unspecified atom stereocenters. The minimum absolute atomic E-state index is 0.0313. The normalized spacial score (nSPS) is 18.5. The van der Waals surface area contributed by atoms with Crippen molar-refractivity contribution in [1.29, 1.82) is 0 Å². The maximum absolute atomic E-state index is 12.7. The van der Waals surface area contributed by atoms with Crippen LogP contribution in [0, 0.1) is 0 Å². The molecule has 1 saturated heterocycles. The molecule has 0 spiro atoms. The Hall–Kier alpha value is -1.82. The van der Waals surface area contributed by atoms with Gasteiger partial charge in [-0.2, -0.15) is 0 Å². The molecule has 2 aliphatic rings. The number of hydrogen-bond acceptors (Lipinski definition) is 4. The molecule has 0 aromatic heterocycles. The first-order valence-corrected chi connectivity index (χ1v) is 12.4. The summed E-state index contributed by atoms with van der Waals surface area (Å²) in [6.45, 7) is 7.22. The fraction of sp³-hybridized carbons (Fsp3) is 0.440. The van der Waals surface area contributed by atoms with Crippen molar-refractivity contribution in [2.45, 2.75) is 61.8 Å². The summed E-state index contributed by atoms with van der Waals surface area (Å²) in [6.07, 6.45) is 6.16. The highest BCUT2D eigenvalue weighted by Gasteiger charge is 2.20. The zero-order valence-electron chi connectivity index (χ0n) is 18.3. The van der Waals surface area contributed by atoms with Gasteiger partial charge in [0.2, 0.25) is 0 Å². The molecule has 164 valence electrons. The first-order valence-electron chi connectivity index (χ1n) is 11.2. The van der Waals surface area contributed by atoms with Crippen molar-refractivity contribution in [2.75, 3.05) is 19.6 Å². The second kappa shape index (κ2) is 10.2. The average molecular weight is 456 g/mol. The molecule has 2 aliphatic heterocycles. The Kier molecular flexibility index (Phi) is 7.36. The Labute approximate surface area is 194 Å². The number of carbonyl (C=O) groups excluding carboxylic acids is 1. The van der Waals surface area contributed by atoms with Gasteiger partial charge in [0.1, 0.15) is 0 Å². The zero-order valence-corrected chi connectivity index (χ0v) is 19.9. The summed E-state index contributed by atoms with van der Waals surface area (Å²) in [5, 5.41) is 3.79. The molecule has 2 aromatic carbocycles. The van der Waals surface area contributed by atoms with Gasteiger partial charge in [-0.15, -0.1) is 0 Å². The quantitative estimate of drug-likeness (QED) is 0.517. The molecule has 1 amide bonds. The van der Waals surface area contributed by atoms with Crippen LogP contribution in [-0.4, -0.2) is 42.2 Å². The molecule has 2 heterocycles. The summed E-state index contributed by atoms with van der Waals surface area (Å²) < 4.78 is 0. The van der Waals surface area contributed by atoms with Gasteiger partial charge < -0.3 is 10.2 Å². The Morgan fingerprint density at radius 1 is 1.23 bits per heavy atom. The van der Waals surface area contributed by atoms with Crippen LogP contribution in [0.3, 0.4) is 0 Å². The van der Waals surface area contributed by atoms with Gasteiger partial charge in [-0.3, -0.25) is 9.79 Å². The molecular weight excluding hydrogens is 426 g/mol. The van der Waals surface area contributed by atoms with Crippen molar-refractivity contribution in [3.05, 3.63) is 52.5 Å². The molecule has 1 fully saturated rings. The molecule has 0 saturated carbocycles. The second-order valence-corrected chi connectivity index (χ2v) is 9.85. The number of fused-ring (bicyclic) bond motifs is 2. The predicted molar refractivity (Wildman–Crippen MR) is 130 cm³/mol. The van der Waals surface area contributed by atoms with E-state index < -0.39 is 0 Å². The molecule has 4 nitrogen and oxygen atoms in total. The fourth-order valence-corrected chi connectivity index (χ4v) is 5.68. The van der Waals surface area contributed by atoms with Gasteiger partial charge in [0.15, 0.2) is 0 Å². The van der Waals surface area contributed by atoms with E-state index >= 15 is 0 Å². The summed E-state index contributed by atoms with van der Waals surface area (Å²) in [4.78, 5) is 22.3. The number of hydrogen-bond donors (Lipinski definition) is 1. The number of amides is 1. The number of halogens is 1. The number of carbonyl (C=O) groups is 1. The zero-order chi connectivity index (χ0) is 21.8. The Balaban J connectivity index is 1.38. The molecular formula is C25H30ClN3OS. The third-order valence-corrected chi connectivity index (χ3v) is 7.56. The Morgan fingerprint density at radius 3 is 2.90 bits per heavy atom. The molecule has 4 rings (SSSR count). The minimum atomic E-state index is -0.0313. The van der Waals surface area contributed by atoms with Crippen LogP contribution in [-0.2, 0) is 0 Å². The van der Waals surface area contributed by atoms with Gasteiger partial charge in [0, 0.05) is 50.8 Å². The van der Waals surface area contributed by atoms with Gasteiger partial charge in [0.25, 0.3) is 5.91 Å². The lowest BCUT2D eigenvalue weighted by Gasteiger charge is -2.35. The van der Waals surface area contributed by atoms with Crippen molar-refractivity contribution in [1.82, 2.24) is 10.2 Å². The van der Waals surface area contributed by atoms with Crippen LogP contribution in [0.15, 0.2) is 51.2 Å². The molecule has 0 radical (unpaired) electrons. The Bertz CT molecular complexity index is 991. The smallest absolute Gasteiger partial charge is 0.251 e. The number of rotatable bonds is 6. The lowest BCUT2D eigenvalue weighted by molar-refractivity contribution is 0.0947. The second-order valence-electron chi connectivity index (χ2n) is 8.33. The van der Waals surface area contributed by atoms with Gasteiger partial charge >= 0.3 is 0 Å². The van der Waals surface area contributed by atoms with Crippen molar-refractivity contribution < 1.29 is 4.79 Å². The lowest BCUT2D eigenvalue weighted by Crippen LogP contribution is -2.40. The van der Waals surface area contributed by atoms with E-state index in [1.165, 1.54) is 32.2 Å². The van der Waals surface area contributed by atoms with E-state index in [1.807, 2.05) is 43.3 Å². The first kappa shape index (κ1) is 22.4. The van der Waals surface area contributed by atoms with Gasteiger partial charge in [-0.1, -0.05) is 36.7 Å². The van der Waals surface area contributed by atoms with E-state index in [0.29, 0.717) is 23.2 Å². The standard InChI is InChI=1S/C25H30ClN3OS/c1-3-20-7-4-5-13-29(20)14-6-12-27-25(30)18-8-10-24-22(15-18)28-17(2)21-16-19(26)9-11-23(21)31-24/h8-11,15-16,20H,3-7,12-14H2,1-2H3,(H,27,30)/t20-/m0/s1. The highest BCUT2D eigenvalue weighted by Crippen LogP contribution is 2.41. The number of benzene rings is 2. The maximum atomic E-state index is 12.7. The number of nitrogens with one attached hydrogen (secondary N) is 1. The van der Waals surface area contributed by atoms with E-state index in [2.05, 4.69) is 17.1 Å². The molecule has 0 bridgehead atoms. The summed E-state index contributed by atoms with van der Waals surface area (Å²) in [5.74, 6) is -0.0313. The SMILES string of the molecule is CC[C@H]1CCCCN1CCCNC(=O)c1ccc2c(c1)N=C(C)c1cc(Cl)ccc1S2. The van der Waals surface area contributed by atoms with E-state index in [-0.39, 0.29) is 5.91 Å². The monoisotopic (exact) mass is 455 g/mol. The predicted octanol–water partition coefficient (Wildman–Crippen LogP) is 6.33. The molecule has 31 heavy (non-hydrogen) atoms. The number of piperidine rings is 1. The van der Waals surface area contributed by atoms with Gasteiger partial charge in [-0.25, -0.2) is 0 Å². The molecule has 1 atom stereocenters.